The highest BCUT2D eigenvalue weighted by Gasteiger charge is 2.42. The number of benzene rings is 2. The number of carbonyl (C=O) groups excluding carboxylic acids is 1. The smallest absolute Gasteiger partial charge is 0.290 e. The maximum Gasteiger partial charge on any atom is 0.290 e. The van der Waals surface area contributed by atoms with Crippen LogP contribution in [0.25, 0.3) is 11.0 Å². The van der Waals surface area contributed by atoms with Crippen molar-refractivity contribution in [2.24, 2.45) is 0 Å². The molecule has 1 amide bonds. The van der Waals surface area contributed by atoms with E-state index in [2.05, 4.69) is 34.7 Å². The van der Waals surface area contributed by atoms with Gasteiger partial charge in [-0.15, -0.1) is 0 Å². The van der Waals surface area contributed by atoms with Crippen molar-refractivity contribution in [3.8, 4) is 0 Å². The topological polar surface area (TPSA) is 53.8 Å². The second kappa shape index (κ2) is 8.32. The Morgan fingerprint density at radius 1 is 1.10 bits per heavy atom. The van der Waals surface area contributed by atoms with Gasteiger partial charge in [0.15, 0.2) is 5.43 Å². The van der Waals surface area contributed by atoms with Gasteiger partial charge in [-0.1, -0.05) is 41.9 Å². The molecule has 5 nitrogen and oxygen atoms in total. The standard InChI is InChI=1S/C23H22BrFN2O3/c1-3-26(4-2)11-12-27-20(14-5-8-16(25)9-6-14)19-21(28)17-13-15(24)7-10-18(17)30-22(19)23(27)29/h5-10,13,20H,3-4,11-12H2,1-2H3. The lowest BCUT2D eigenvalue weighted by Gasteiger charge is -2.28. The van der Waals surface area contributed by atoms with Crippen LogP contribution in [-0.4, -0.2) is 41.9 Å². The van der Waals surface area contributed by atoms with E-state index in [1.807, 2.05) is 0 Å². The number of amides is 1. The molecule has 156 valence electrons. The second-order valence-corrected chi connectivity index (χ2v) is 8.21. The summed E-state index contributed by atoms with van der Waals surface area (Å²) in [6.07, 6.45) is 0. The summed E-state index contributed by atoms with van der Waals surface area (Å²) in [5.74, 6) is -0.607. The number of fused-ring (bicyclic) bond motifs is 2. The zero-order valence-corrected chi connectivity index (χ0v) is 18.4. The minimum atomic E-state index is -0.608. The maximum atomic E-state index is 13.5. The third-order valence-electron chi connectivity index (χ3n) is 5.67. The number of likely N-dealkylation sites (N-methyl/N-ethyl adjacent to an activating group) is 1. The predicted octanol–water partition coefficient (Wildman–Crippen LogP) is 4.58. The SMILES string of the molecule is CCN(CC)CCN1C(=O)c2oc3ccc(Br)cc3c(=O)c2C1c1ccc(F)cc1. The molecule has 1 aliphatic heterocycles. The summed E-state index contributed by atoms with van der Waals surface area (Å²) in [5.41, 5.74) is 1.14. The summed E-state index contributed by atoms with van der Waals surface area (Å²) in [5, 5.41) is 0.411. The Bertz CT molecular complexity index is 1160. The van der Waals surface area contributed by atoms with Gasteiger partial charge in [-0.05, 0) is 49.0 Å². The number of nitrogens with zero attached hydrogens (tertiary/aromatic N) is 2. The highest BCUT2D eigenvalue weighted by molar-refractivity contribution is 9.10. The molecule has 1 unspecified atom stereocenters. The van der Waals surface area contributed by atoms with Crippen LogP contribution in [0.15, 0.2) is 56.1 Å². The summed E-state index contributed by atoms with van der Waals surface area (Å²) in [7, 11) is 0. The van der Waals surface area contributed by atoms with Gasteiger partial charge in [0.2, 0.25) is 5.76 Å². The largest absolute Gasteiger partial charge is 0.450 e. The van der Waals surface area contributed by atoms with Crippen LogP contribution in [0.2, 0.25) is 0 Å². The summed E-state index contributed by atoms with van der Waals surface area (Å²) in [6, 6.07) is 10.5. The van der Waals surface area contributed by atoms with E-state index in [-0.39, 0.29) is 22.9 Å². The van der Waals surface area contributed by atoms with Crippen LogP contribution >= 0.6 is 15.9 Å². The fourth-order valence-electron chi connectivity index (χ4n) is 4.00. The molecule has 0 fully saturated rings. The molecule has 3 aromatic rings. The van der Waals surface area contributed by atoms with E-state index in [1.54, 1.807) is 35.2 Å². The average molecular weight is 473 g/mol. The minimum absolute atomic E-state index is 0.0729. The molecule has 2 heterocycles. The number of hydrogen-bond donors (Lipinski definition) is 0. The quantitative estimate of drug-likeness (QED) is 0.526. The Morgan fingerprint density at radius 2 is 1.80 bits per heavy atom. The summed E-state index contributed by atoms with van der Waals surface area (Å²) < 4.78 is 20.2. The van der Waals surface area contributed by atoms with E-state index in [9.17, 15) is 14.0 Å². The van der Waals surface area contributed by atoms with Crippen molar-refractivity contribution < 1.29 is 13.6 Å². The molecular formula is C23H22BrFN2O3. The first-order valence-electron chi connectivity index (χ1n) is 9.99. The first-order valence-corrected chi connectivity index (χ1v) is 10.8. The highest BCUT2D eigenvalue weighted by atomic mass is 79.9. The zero-order chi connectivity index (χ0) is 21.4. The van der Waals surface area contributed by atoms with Crippen molar-refractivity contribution in [3.05, 3.63) is 79.9 Å². The average Bonchev–Trinajstić information content (AvgIpc) is 3.02. The summed E-state index contributed by atoms with van der Waals surface area (Å²) >= 11 is 3.39. The van der Waals surface area contributed by atoms with Gasteiger partial charge in [0.1, 0.15) is 11.4 Å². The Labute approximate surface area is 182 Å². The van der Waals surface area contributed by atoms with Gasteiger partial charge >= 0.3 is 0 Å². The monoisotopic (exact) mass is 472 g/mol. The molecule has 30 heavy (non-hydrogen) atoms. The zero-order valence-electron chi connectivity index (χ0n) is 16.8. The van der Waals surface area contributed by atoms with E-state index in [0.29, 0.717) is 35.2 Å². The first-order chi connectivity index (χ1) is 14.4. The first kappa shape index (κ1) is 20.8. The maximum absolute atomic E-state index is 13.5. The van der Waals surface area contributed by atoms with Crippen molar-refractivity contribution in [3.63, 3.8) is 0 Å². The van der Waals surface area contributed by atoms with Gasteiger partial charge in [0.25, 0.3) is 5.91 Å². The Balaban J connectivity index is 1.87. The van der Waals surface area contributed by atoms with E-state index < -0.39 is 6.04 Å². The molecule has 0 spiro atoms. The fraction of sp³-hybridized carbons (Fsp3) is 0.304. The predicted molar refractivity (Wildman–Crippen MR) is 117 cm³/mol. The minimum Gasteiger partial charge on any atom is -0.450 e. The second-order valence-electron chi connectivity index (χ2n) is 7.29. The van der Waals surface area contributed by atoms with E-state index in [1.165, 1.54) is 12.1 Å². The van der Waals surface area contributed by atoms with Gasteiger partial charge in [0.05, 0.1) is 17.0 Å². The molecule has 0 saturated heterocycles. The summed E-state index contributed by atoms with van der Waals surface area (Å²) in [4.78, 5) is 30.6. The molecular weight excluding hydrogens is 451 g/mol. The van der Waals surface area contributed by atoms with Gasteiger partial charge in [-0.2, -0.15) is 0 Å². The van der Waals surface area contributed by atoms with Crippen LogP contribution < -0.4 is 5.43 Å². The van der Waals surface area contributed by atoms with Crippen LogP contribution in [0.4, 0.5) is 4.39 Å². The number of carbonyl (C=O) groups is 1. The molecule has 0 N–H and O–H groups in total. The number of halogens is 2. The van der Waals surface area contributed by atoms with Gasteiger partial charge in [-0.3, -0.25) is 9.59 Å². The number of hydrogen-bond acceptors (Lipinski definition) is 4. The van der Waals surface area contributed by atoms with E-state index in [4.69, 9.17) is 4.42 Å². The van der Waals surface area contributed by atoms with Crippen molar-refractivity contribution >= 4 is 32.8 Å². The third-order valence-corrected chi connectivity index (χ3v) is 6.16. The lowest BCUT2D eigenvalue weighted by molar-refractivity contribution is 0.0708. The van der Waals surface area contributed by atoms with E-state index >= 15 is 0 Å². The highest BCUT2D eigenvalue weighted by Crippen LogP contribution is 2.38. The Kier molecular flexibility index (Phi) is 5.75. The molecule has 0 saturated carbocycles. The lowest BCUT2D eigenvalue weighted by Crippen LogP contribution is -2.37. The molecule has 0 aliphatic carbocycles. The molecule has 2 aromatic carbocycles. The van der Waals surface area contributed by atoms with Crippen LogP contribution in [0, 0.1) is 5.82 Å². The van der Waals surface area contributed by atoms with Crippen molar-refractivity contribution in [1.29, 1.82) is 0 Å². The van der Waals surface area contributed by atoms with E-state index in [0.717, 1.165) is 17.6 Å². The molecule has 4 rings (SSSR count). The van der Waals surface area contributed by atoms with Crippen LogP contribution in [0.5, 0.6) is 0 Å². The van der Waals surface area contributed by atoms with Crippen LogP contribution in [0.1, 0.15) is 41.6 Å². The fourth-order valence-corrected chi connectivity index (χ4v) is 4.36. The molecule has 0 radical (unpaired) electrons. The molecule has 7 heteroatoms. The van der Waals surface area contributed by atoms with Crippen molar-refractivity contribution in [2.45, 2.75) is 19.9 Å². The number of rotatable bonds is 6. The van der Waals surface area contributed by atoms with Crippen molar-refractivity contribution in [1.82, 2.24) is 9.80 Å². The van der Waals surface area contributed by atoms with Crippen molar-refractivity contribution in [2.75, 3.05) is 26.2 Å². The Hall–Kier alpha value is -2.51. The van der Waals surface area contributed by atoms with Gasteiger partial charge in [0, 0.05) is 17.6 Å². The van der Waals surface area contributed by atoms with Gasteiger partial charge in [-0.25, -0.2) is 4.39 Å². The third kappa shape index (κ3) is 3.56. The molecule has 1 aromatic heterocycles. The van der Waals surface area contributed by atoms with Crippen LogP contribution in [0.3, 0.4) is 0 Å². The summed E-state index contributed by atoms with van der Waals surface area (Å²) in [6.45, 7) is 6.97. The molecule has 1 aliphatic rings. The normalized spacial score (nSPS) is 16.0. The molecule has 1 atom stereocenters. The molecule has 0 bridgehead atoms. The lowest BCUT2D eigenvalue weighted by atomic mass is 9.98. The Morgan fingerprint density at radius 3 is 2.47 bits per heavy atom. The van der Waals surface area contributed by atoms with Crippen LogP contribution in [-0.2, 0) is 0 Å². The van der Waals surface area contributed by atoms with Gasteiger partial charge < -0.3 is 14.2 Å².